The van der Waals surface area contributed by atoms with Crippen molar-refractivity contribution in [3.05, 3.63) is 29.8 Å². The van der Waals surface area contributed by atoms with Crippen LogP contribution < -0.4 is 11.2 Å². The zero-order valence-corrected chi connectivity index (χ0v) is 8.32. The SMILES string of the molecule is N[C@H](C(=O)O)[C@H](O)c1ccc(B(O)O)cc1. The number of carboxylic acid groups (broad SMARTS) is 1. The molecule has 7 heteroatoms. The number of hydrogen-bond donors (Lipinski definition) is 5. The standard InChI is InChI=1S/C9H12BNO5/c11-7(9(13)14)8(12)5-1-3-6(4-2-5)10(15)16/h1-4,7-8,12,15-16H,11H2,(H,13,14)/t7-,8+/m0/s1. The number of carbonyl (C=O) groups is 1. The topological polar surface area (TPSA) is 124 Å². The number of aliphatic hydroxyl groups excluding tert-OH is 1. The third kappa shape index (κ3) is 2.80. The van der Waals surface area contributed by atoms with Gasteiger partial charge in [0.2, 0.25) is 0 Å². The van der Waals surface area contributed by atoms with Crippen molar-refractivity contribution in [2.75, 3.05) is 0 Å². The Kier molecular flexibility index (Phi) is 4.02. The number of aliphatic carboxylic acids is 1. The van der Waals surface area contributed by atoms with Crippen LogP contribution in [0.5, 0.6) is 0 Å². The van der Waals surface area contributed by atoms with E-state index < -0.39 is 25.2 Å². The summed E-state index contributed by atoms with van der Waals surface area (Å²) in [5.74, 6) is -1.31. The maximum atomic E-state index is 10.5. The molecule has 0 bridgehead atoms. The van der Waals surface area contributed by atoms with Gasteiger partial charge in [0, 0.05) is 0 Å². The third-order valence-electron chi connectivity index (χ3n) is 2.20. The number of benzene rings is 1. The molecule has 0 spiro atoms. The minimum atomic E-state index is -1.60. The van der Waals surface area contributed by atoms with Crippen molar-refractivity contribution in [3.8, 4) is 0 Å². The first-order chi connectivity index (χ1) is 7.43. The molecule has 86 valence electrons. The van der Waals surface area contributed by atoms with Gasteiger partial charge in [-0.05, 0) is 11.0 Å². The minimum absolute atomic E-state index is 0.250. The van der Waals surface area contributed by atoms with Crippen molar-refractivity contribution in [2.45, 2.75) is 12.1 Å². The van der Waals surface area contributed by atoms with Crippen LogP contribution in [-0.4, -0.2) is 39.4 Å². The fourth-order valence-corrected chi connectivity index (χ4v) is 1.21. The van der Waals surface area contributed by atoms with E-state index in [1.807, 2.05) is 0 Å². The molecule has 0 saturated carbocycles. The molecule has 6 N–H and O–H groups in total. The highest BCUT2D eigenvalue weighted by molar-refractivity contribution is 6.58. The van der Waals surface area contributed by atoms with E-state index >= 15 is 0 Å². The molecular weight excluding hydrogens is 213 g/mol. The Morgan fingerprint density at radius 1 is 1.25 bits per heavy atom. The van der Waals surface area contributed by atoms with Crippen LogP contribution in [0.1, 0.15) is 11.7 Å². The summed E-state index contributed by atoms with van der Waals surface area (Å²) in [5, 5.41) is 35.8. The Labute approximate surface area is 92.1 Å². The van der Waals surface area contributed by atoms with Gasteiger partial charge in [-0.25, -0.2) is 0 Å². The van der Waals surface area contributed by atoms with Crippen LogP contribution in [0.2, 0.25) is 0 Å². The van der Waals surface area contributed by atoms with E-state index in [0.29, 0.717) is 5.56 Å². The predicted molar refractivity (Wildman–Crippen MR) is 56.8 cm³/mol. The van der Waals surface area contributed by atoms with Gasteiger partial charge < -0.3 is 26.0 Å². The Bertz CT molecular complexity index is 367. The predicted octanol–water partition coefficient (Wildman–Crippen LogP) is -2.19. The van der Waals surface area contributed by atoms with Crippen LogP contribution in [0.4, 0.5) is 0 Å². The first kappa shape index (κ1) is 12.7. The number of carboxylic acids is 1. The fraction of sp³-hybridized carbons (Fsp3) is 0.222. The monoisotopic (exact) mass is 225 g/mol. The fourth-order valence-electron chi connectivity index (χ4n) is 1.21. The van der Waals surface area contributed by atoms with Gasteiger partial charge >= 0.3 is 13.1 Å². The molecule has 0 aliphatic rings. The Morgan fingerprint density at radius 2 is 1.75 bits per heavy atom. The van der Waals surface area contributed by atoms with Crippen LogP contribution in [0.15, 0.2) is 24.3 Å². The van der Waals surface area contributed by atoms with Gasteiger partial charge in [-0.15, -0.1) is 0 Å². The molecule has 2 atom stereocenters. The molecule has 0 fully saturated rings. The molecule has 16 heavy (non-hydrogen) atoms. The van der Waals surface area contributed by atoms with E-state index in [4.69, 9.17) is 20.9 Å². The highest BCUT2D eigenvalue weighted by atomic mass is 16.4. The summed E-state index contributed by atoms with van der Waals surface area (Å²) in [6.45, 7) is 0. The quantitative estimate of drug-likeness (QED) is 0.371. The summed E-state index contributed by atoms with van der Waals surface area (Å²) in [6.07, 6.45) is -1.33. The summed E-state index contributed by atoms with van der Waals surface area (Å²) in [5.41, 5.74) is 5.80. The summed E-state index contributed by atoms with van der Waals surface area (Å²) < 4.78 is 0. The summed E-state index contributed by atoms with van der Waals surface area (Å²) >= 11 is 0. The van der Waals surface area contributed by atoms with Crippen molar-refractivity contribution in [1.29, 1.82) is 0 Å². The maximum Gasteiger partial charge on any atom is 0.488 e. The second-order valence-electron chi connectivity index (χ2n) is 3.35. The summed E-state index contributed by atoms with van der Waals surface area (Å²) in [6, 6.07) is 4.12. The summed E-state index contributed by atoms with van der Waals surface area (Å²) in [7, 11) is -1.60. The Morgan fingerprint density at radius 3 is 2.12 bits per heavy atom. The van der Waals surface area contributed by atoms with Crippen molar-refractivity contribution >= 4 is 18.6 Å². The average Bonchev–Trinajstić information content (AvgIpc) is 2.27. The van der Waals surface area contributed by atoms with Crippen molar-refractivity contribution < 1.29 is 25.1 Å². The molecule has 0 unspecified atom stereocenters. The Hall–Kier alpha value is -1.41. The van der Waals surface area contributed by atoms with Gasteiger partial charge in [-0.3, -0.25) is 4.79 Å². The lowest BCUT2D eigenvalue weighted by molar-refractivity contribution is -0.141. The lowest BCUT2D eigenvalue weighted by atomic mass is 9.80. The lowest BCUT2D eigenvalue weighted by Gasteiger charge is -2.15. The van der Waals surface area contributed by atoms with Gasteiger partial charge in [-0.1, -0.05) is 24.3 Å². The molecule has 1 aromatic carbocycles. The van der Waals surface area contributed by atoms with Gasteiger partial charge in [0.05, 0.1) is 0 Å². The minimum Gasteiger partial charge on any atom is -0.480 e. The normalized spacial score (nSPS) is 14.2. The van der Waals surface area contributed by atoms with Crippen LogP contribution in [0.25, 0.3) is 0 Å². The van der Waals surface area contributed by atoms with E-state index in [0.717, 1.165) is 0 Å². The highest BCUT2D eigenvalue weighted by Gasteiger charge is 2.23. The molecule has 0 heterocycles. The smallest absolute Gasteiger partial charge is 0.480 e. The van der Waals surface area contributed by atoms with E-state index in [2.05, 4.69) is 0 Å². The molecule has 0 radical (unpaired) electrons. The van der Waals surface area contributed by atoms with E-state index in [-0.39, 0.29) is 5.46 Å². The molecular formula is C9H12BNO5. The number of aliphatic hydroxyl groups is 1. The molecule has 0 amide bonds. The largest absolute Gasteiger partial charge is 0.488 e. The van der Waals surface area contributed by atoms with Crippen LogP contribution >= 0.6 is 0 Å². The third-order valence-corrected chi connectivity index (χ3v) is 2.20. The van der Waals surface area contributed by atoms with Crippen LogP contribution in [-0.2, 0) is 4.79 Å². The number of rotatable bonds is 4. The summed E-state index contributed by atoms with van der Waals surface area (Å²) in [4.78, 5) is 10.5. The molecule has 0 saturated heterocycles. The lowest BCUT2D eigenvalue weighted by Crippen LogP contribution is -2.37. The number of hydrogen-bond acceptors (Lipinski definition) is 5. The van der Waals surface area contributed by atoms with E-state index in [1.165, 1.54) is 24.3 Å². The first-order valence-corrected chi connectivity index (χ1v) is 4.56. The molecule has 1 aromatic rings. The highest BCUT2D eigenvalue weighted by Crippen LogP contribution is 2.14. The average molecular weight is 225 g/mol. The second-order valence-corrected chi connectivity index (χ2v) is 3.35. The van der Waals surface area contributed by atoms with Gasteiger partial charge in [0.1, 0.15) is 12.1 Å². The molecule has 0 aromatic heterocycles. The molecule has 1 rings (SSSR count). The Balaban J connectivity index is 2.85. The van der Waals surface area contributed by atoms with E-state index in [1.54, 1.807) is 0 Å². The second kappa shape index (κ2) is 5.08. The van der Waals surface area contributed by atoms with Crippen molar-refractivity contribution in [1.82, 2.24) is 0 Å². The van der Waals surface area contributed by atoms with Gasteiger partial charge in [0.25, 0.3) is 0 Å². The van der Waals surface area contributed by atoms with E-state index in [9.17, 15) is 9.90 Å². The zero-order valence-electron chi connectivity index (χ0n) is 8.32. The molecule has 0 aliphatic carbocycles. The van der Waals surface area contributed by atoms with Gasteiger partial charge in [-0.2, -0.15) is 0 Å². The van der Waals surface area contributed by atoms with Gasteiger partial charge in [0.15, 0.2) is 0 Å². The zero-order chi connectivity index (χ0) is 12.3. The van der Waals surface area contributed by atoms with Crippen molar-refractivity contribution in [3.63, 3.8) is 0 Å². The molecule has 0 aliphatic heterocycles. The maximum absolute atomic E-state index is 10.5. The van der Waals surface area contributed by atoms with Crippen molar-refractivity contribution in [2.24, 2.45) is 5.73 Å². The van der Waals surface area contributed by atoms with Crippen LogP contribution in [0, 0.1) is 0 Å². The first-order valence-electron chi connectivity index (χ1n) is 4.56. The van der Waals surface area contributed by atoms with Crippen LogP contribution in [0.3, 0.4) is 0 Å². The number of nitrogens with two attached hydrogens (primary N) is 1. The molecule has 6 nitrogen and oxygen atoms in total.